The summed E-state index contributed by atoms with van der Waals surface area (Å²) in [7, 11) is 0. The van der Waals surface area contributed by atoms with Gasteiger partial charge in [-0.3, -0.25) is 0 Å². The van der Waals surface area contributed by atoms with Crippen LogP contribution in [-0.4, -0.2) is 37.0 Å². The molecule has 1 heterocycles. The number of aliphatic hydroxyl groups excluding tert-OH is 1. The van der Waals surface area contributed by atoms with Crippen molar-refractivity contribution in [3.05, 3.63) is 35.9 Å². The molecule has 1 aliphatic rings. The number of rotatable bonds is 5. The van der Waals surface area contributed by atoms with Crippen LogP contribution in [0, 0.1) is 11.3 Å². The second kappa shape index (κ2) is 8.49. The van der Waals surface area contributed by atoms with E-state index in [0.717, 1.165) is 25.0 Å². The average molecular weight is 334 g/mol. The van der Waals surface area contributed by atoms with E-state index in [-0.39, 0.29) is 24.2 Å². The van der Waals surface area contributed by atoms with Crippen LogP contribution in [-0.2, 0) is 4.74 Å². The van der Waals surface area contributed by atoms with E-state index in [1.807, 2.05) is 30.3 Å². The fourth-order valence-electron chi connectivity index (χ4n) is 3.36. The average Bonchev–Trinajstić information content (AvgIpc) is 2.58. The molecule has 3 N–H and O–H groups in total. The Kier molecular flexibility index (Phi) is 6.63. The molecule has 1 saturated heterocycles. The van der Waals surface area contributed by atoms with Gasteiger partial charge in [0.1, 0.15) is 0 Å². The summed E-state index contributed by atoms with van der Waals surface area (Å²) in [4.78, 5) is 12.2. The molecule has 1 aromatic rings. The Labute approximate surface area is 144 Å². The van der Waals surface area contributed by atoms with Crippen molar-refractivity contribution < 1.29 is 14.6 Å². The standard InChI is InChI=1S/C19H30N2O3/c1-19(2,3)17-15(10-7-11-24-17)12-20-18(23)21-16(13-22)14-8-5-4-6-9-14/h4-6,8-9,15-17,22H,7,10-13H2,1-3H3,(H2,20,21,23). The molecule has 0 bridgehead atoms. The van der Waals surface area contributed by atoms with Gasteiger partial charge in [0.2, 0.25) is 0 Å². The van der Waals surface area contributed by atoms with Gasteiger partial charge in [-0.15, -0.1) is 0 Å². The van der Waals surface area contributed by atoms with Crippen molar-refractivity contribution in [2.75, 3.05) is 19.8 Å². The highest BCUT2D eigenvalue weighted by atomic mass is 16.5. The van der Waals surface area contributed by atoms with Gasteiger partial charge in [0.15, 0.2) is 0 Å². The number of urea groups is 1. The second-order valence-corrected chi connectivity index (χ2v) is 7.56. The first-order valence-corrected chi connectivity index (χ1v) is 8.73. The lowest BCUT2D eigenvalue weighted by molar-refractivity contribution is -0.0838. The molecule has 0 aliphatic carbocycles. The Morgan fingerprint density at radius 1 is 1.33 bits per heavy atom. The first kappa shape index (κ1) is 18.7. The number of hydrogen-bond donors (Lipinski definition) is 3. The lowest BCUT2D eigenvalue weighted by Crippen LogP contribution is -2.47. The van der Waals surface area contributed by atoms with E-state index in [0.29, 0.717) is 12.5 Å². The number of carbonyl (C=O) groups is 1. The summed E-state index contributed by atoms with van der Waals surface area (Å²) in [5.74, 6) is 0.314. The maximum Gasteiger partial charge on any atom is 0.315 e. The Morgan fingerprint density at radius 3 is 2.67 bits per heavy atom. The summed E-state index contributed by atoms with van der Waals surface area (Å²) >= 11 is 0. The highest BCUT2D eigenvalue weighted by Gasteiger charge is 2.35. The van der Waals surface area contributed by atoms with Crippen LogP contribution >= 0.6 is 0 Å². The predicted octanol–water partition coefficient (Wildman–Crippen LogP) is 2.86. The number of amides is 2. The summed E-state index contributed by atoms with van der Waals surface area (Å²) in [6, 6.07) is 8.84. The molecule has 5 nitrogen and oxygen atoms in total. The van der Waals surface area contributed by atoms with Crippen molar-refractivity contribution >= 4 is 6.03 Å². The van der Waals surface area contributed by atoms with Crippen molar-refractivity contribution in [3.63, 3.8) is 0 Å². The smallest absolute Gasteiger partial charge is 0.315 e. The molecule has 2 rings (SSSR count). The number of carbonyl (C=O) groups excluding carboxylic acids is 1. The van der Waals surface area contributed by atoms with E-state index in [1.54, 1.807) is 0 Å². The summed E-state index contributed by atoms with van der Waals surface area (Å²) in [5, 5.41) is 15.3. The van der Waals surface area contributed by atoms with E-state index in [1.165, 1.54) is 0 Å². The zero-order chi connectivity index (χ0) is 17.6. The van der Waals surface area contributed by atoms with Gasteiger partial charge in [0, 0.05) is 19.1 Å². The van der Waals surface area contributed by atoms with Crippen molar-refractivity contribution in [2.45, 2.75) is 45.8 Å². The normalized spacial score (nSPS) is 22.7. The summed E-state index contributed by atoms with van der Waals surface area (Å²) in [6.45, 7) is 7.77. The third-order valence-electron chi connectivity index (χ3n) is 4.51. The van der Waals surface area contributed by atoms with E-state index in [9.17, 15) is 9.90 Å². The van der Waals surface area contributed by atoms with Gasteiger partial charge in [0.25, 0.3) is 0 Å². The van der Waals surface area contributed by atoms with Crippen LogP contribution in [0.1, 0.15) is 45.2 Å². The van der Waals surface area contributed by atoms with Gasteiger partial charge in [-0.05, 0) is 23.8 Å². The van der Waals surface area contributed by atoms with Crippen molar-refractivity contribution in [1.82, 2.24) is 10.6 Å². The lowest BCUT2D eigenvalue weighted by Gasteiger charge is -2.40. The van der Waals surface area contributed by atoms with Gasteiger partial charge in [-0.2, -0.15) is 0 Å². The van der Waals surface area contributed by atoms with Crippen molar-refractivity contribution in [1.29, 1.82) is 0 Å². The lowest BCUT2D eigenvalue weighted by atomic mass is 9.78. The molecule has 1 aromatic carbocycles. The number of ether oxygens (including phenoxy) is 1. The van der Waals surface area contributed by atoms with Gasteiger partial charge >= 0.3 is 6.03 Å². The first-order chi connectivity index (χ1) is 11.4. The fourth-order valence-corrected chi connectivity index (χ4v) is 3.36. The maximum absolute atomic E-state index is 12.2. The zero-order valence-electron chi connectivity index (χ0n) is 14.9. The van der Waals surface area contributed by atoms with Crippen LogP contribution in [0.4, 0.5) is 4.79 Å². The SMILES string of the molecule is CC(C)(C)C1OCCCC1CNC(=O)NC(CO)c1ccccc1. The quantitative estimate of drug-likeness (QED) is 0.775. The largest absolute Gasteiger partial charge is 0.394 e. The number of hydrogen-bond acceptors (Lipinski definition) is 3. The monoisotopic (exact) mass is 334 g/mol. The first-order valence-electron chi connectivity index (χ1n) is 8.73. The minimum atomic E-state index is -0.396. The van der Waals surface area contributed by atoms with E-state index >= 15 is 0 Å². The van der Waals surface area contributed by atoms with Gasteiger partial charge in [-0.25, -0.2) is 4.79 Å². The van der Waals surface area contributed by atoms with E-state index < -0.39 is 6.04 Å². The Bertz CT molecular complexity index is 513. The summed E-state index contributed by atoms with van der Waals surface area (Å²) in [5.41, 5.74) is 0.949. The number of aliphatic hydroxyl groups is 1. The second-order valence-electron chi connectivity index (χ2n) is 7.56. The number of nitrogens with one attached hydrogen (secondary N) is 2. The molecule has 0 radical (unpaired) electrons. The summed E-state index contributed by atoms with van der Waals surface area (Å²) in [6.07, 6.45) is 2.24. The van der Waals surface area contributed by atoms with Crippen LogP contribution < -0.4 is 10.6 Å². The molecule has 3 unspecified atom stereocenters. The van der Waals surface area contributed by atoms with Crippen LogP contribution in [0.2, 0.25) is 0 Å². The summed E-state index contributed by atoms with van der Waals surface area (Å²) < 4.78 is 5.95. The molecule has 5 heteroatoms. The predicted molar refractivity (Wildman–Crippen MR) is 94.7 cm³/mol. The molecule has 2 amide bonds. The van der Waals surface area contributed by atoms with Crippen LogP contribution in [0.15, 0.2) is 30.3 Å². The van der Waals surface area contributed by atoms with Gasteiger partial charge in [0.05, 0.1) is 18.8 Å². The van der Waals surface area contributed by atoms with Crippen LogP contribution in [0.3, 0.4) is 0 Å². The molecular weight excluding hydrogens is 304 g/mol. The molecule has 1 fully saturated rings. The molecule has 0 spiro atoms. The van der Waals surface area contributed by atoms with Crippen molar-refractivity contribution in [2.24, 2.45) is 11.3 Å². The molecule has 0 aromatic heterocycles. The van der Waals surface area contributed by atoms with Crippen molar-refractivity contribution in [3.8, 4) is 0 Å². The third kappa shape index (κ3) is 5.21. The minimum Gasteiger partial charge on any atom is -0.394 e. The van der Waals surface area contributed by atoms with Crippen LogP contribution in [0.25, 0.3) is 0 Å². The molecule has 3 atom stereocenters. The molecule has 0 saturated carbocycles. The highest BCUT2D eigenvalue weighted by Crippen LogP contribution is 2.33. The molecule has 1 aliphatic heterocycles. The van der Waals surface area contributed by atoms with Gasteiger partial charge in [-0.1, -0.05) is 51.1 Å². The van der Waals surface area contributed by atoms with E-state index in [2.05, 4.69) is 31.4 Å². The fraction of sp³-hybridized carbons (Fsp3) is 0.632. The Morgan fingerprint density at radius 2 is 2.04 bits per heavy atom. The van der Waals surface area contributed by atoms with Crippen LogP contribution in [0.5, 0.6) is 0 Å². The number of benzene rings is 1. The van der Waals surface area contributed by atoms with E-state index in [4.69, 9.17) is 4.74 Å². The van der Waals surface area contributed by atoms with Gasteiger partial charge < -0.3 is 20.5 Å². The molecule has 24 heavy (non-hydrogen) atoms. The Hall–Kier alpha value is -1.59. The Balaban J connectivity index is 1.87. The molecule has 134 valence electrons. The maximum atomic E-state index is 12.2. The highest BCUT2D eigenvalue weighted by molar-refractivity contribution is 5.74. The zero-order valence-corrected chi connectivity index (χ0v) is 14.9. The topological polar surface area (TPSA) is 70.6 Å². The minimum absolute atomic E-state index is 0.0565. The third-order valence-corrected chi connectivity index (χ3v) is 4.51. The molecular formula is C19H30N2O3.